The molecule has 13 rings (SSSR count). The van der Waals surface area contributed by atoms with Crippen molar-refractivity contribution in [1.29, 1.82) is 0 Å². The highest BCUT2D eigenvalue weighted by molar-refractivity contribution is 9.10. The van der Waals surface area contributed by atoms with E-state index < -0.39 is 29.7 Å². The van der Waals surface area contributed by atoms with Gasteiger partial charge in [0.2, 0.25) is 0 Å². The minimum atomic E-state index is -0.732. The Kier molecular flexibility index (Phi) is 19.5. The first-order chi connectivity index (χ1) is 43.0. The maximum Gasteiger partial charge on any atom is 0.496 e. The van der Waals surface area contributed by atoms with Gasteiger partial charge < -0.3 is 53.7 Å². The summed E-state index contributed by atoms with van der Waals surface area (Å²) in [5.41, 5.74) is 4.84. The molecule has 4 aliphatic heterocycles. The standard InChI is InChI=1S/C31H30FN7O3S.C19H27BN4O3S.C13H15BrN4OS.CH4/c1-31(2,3)19-10-17-13-34-39(29(42)26(17)22(32)12-19)27-21(16-40)20(6-8-33-27)18-11-24(28(41)38(5)14-18)36-30-35-23-7-9-37(4)15-25(23)43-30;1-18(2)19(3,4)27-20(26-18)12-9-14(16(25)24(6)10-12)22-17-21-13-7-8-23(5)11-15(13)28-17;1-17-4-3-9-11(7-17)20-13(15-9)16-10-5-8(14)6-18(2)12(10)19;/h6,8,10-14,16H,7,9,15H2,1-5H3,(H,35,36);9-10H,7-8,11H2,1-6H3,(H,21,22);5-6H,3-4,7H2,1-2H3,(H,15,16);1H4. The van der Waals surface area contributed by atoms with Crippen LogP contribution in [0.2, 0.25) is 0 Å². The number of hydrogen-bond donors (Lipinski definition) is 3. The van der Waals surface area contributed by atoms with Gasteiger partial charge in [-0.3, -0.25) is 24.0 Å². The summed E-state index contributed by atoms with van der Waals surface area (Å²) in [5, 5.41) is 16.2. The number of aromatic nitrogens is 9. The molecule has 0 amide bonds. The van der Waals surface area contributed by atoms with Gasteiger partial charge in [0.1, 0.15) is 22.9 Å². The lowest BCUT2D eigenvalue weighted by Gasteiger charge is -2.32. The van der Waals surface area contributed by atoms with Crippen molar-refractivity contribution in [3.8, 4) is 16.9 Å². The van der Waals surface area contributed by atoms with Crippen LogP contribution >= 0.6 is 49.9 Å². The Morgan fingerprint density at radius 2 is 1.12 bits per heavy atom. The summed E-state index contributed by atoms with van der Waals surface area (Å²) >= 11 is 8.15. The highest BCUT2D eigenvalue weighted by Gasteiger charge is 2.52. The van der Waals surface area contributed by atoms with Crippen LogP contribution in [0.15, 0.2) is 91.0 Å². The third-order valence-electron chi connectivity index (χ3n) is 16.9. The summed E-state index contributed by atoms with van der Waals surface area (Å²) in [5.74, 6) is -0.713. The summed E-state index contributed by atoms with van der Waals surface area (Å²) in [6.45, 7) is 19.6. The van der Waals surface area contributed by atoms with E-state index in [1.165, 1.54) is 44.1 Å². The molecule has 1 fully saturated rings. The Morgan fingerprint density at radius 3 is 1.61 bits per heavy atom. The van der Waals surface area contributed by atoms with E-state index in [-0.39, 0.29) is 52.0 Å². The number of pyridine rings is 4. The number of thiazole rings is 3. The molecule has 0 atom stereocenters. The molecule has 9 aromatic rings. The van der Waals surface area contributed by atoms with E-state index in [0.29, 0.717) is 39.3 Å². The van der Waals surface area contributed by atoms with Crippen LogP contribution in [0.4, 0.5) is 36.8 Å². The van der Waals surface area contributed by atoms with Gasteiger partial charge in [-0.15, -0.1) is 34.0 Å². The average Bonchev–Trinajstić information content (AvgIpc) is 0.846. The fraction of sp³-hybridized carbons (Fsp3) is 0.406. The second-order valence-corrected chi connectivity index (χ2v) is 29.7. The fourth-order valence-electron chi connectivity index (χ4n) is 10.9. The first kappa shape index (κ1) is 67.5. The fourth-order valence-corrected chi connectivity index (χ4v) is 14.8. The lowest BCUT2D eigenvalue weighted by molar-refractivity contribution is 0.00578. The molecule has 0 aliphatic carbocycles. The van der Waals surface area contributed by atoms with Crippen molar-refractivity contribution in [2.24, 2.45) is 21.1 Å². The predicted molar refractivity (Wildman–Crippen MR) is 370 cm³/mol. The number of aryl methyl sites for hydroxylation is 3. The van der Waals surface area contributed by atoms with Crippen LogP contribution in [0, 0.1) is 5.82 Å². The second kappa shape index (κ2) is 26.5. The third kappa shape index (κ3) is 14.1. The number of halogens is 2. The average molecular weight is 1370 g/mol. The Labute approximate surface area is 553 Å². The molecule has 484 valence electrons. The summed E-state index contributed by atoms with van der Waals surface area (Å²) in [7, 11) is 10.9. The minimum Gasteiger partial charge on any atom is -0.399 e. The van der Waals surface area contributed by atoms with Gasteiger partial charge in [0, 0.05) is 140 Å². The van der Waals surface area contributed by atoms with Crippen molar-refractivity contribution in [2.45, 2.75) is 111 Å². The smallest absolute Gasteiger partial charge is 0.399 e. The molecule has 0 spiro atoms. The first-order valence-electron chi connectivity index (χ1n) is 29.7. The number of benzene rings is 1. The SMILES string of the molecule is C.CN1CCc2nc(Nc3cc(-c4ccnc(-n5ncc6cc(C(C)(C)C)cc(F)c6c5=O)c4C=O)cn(C)c3=O)sc2C1.CN1CCc2nc(Nc3cc(B4OC(C)(C)C(C)(C)O4)cn(C)c3=O)sc2C1.CN1CCc2nc(Nc3cc(Br)cn(C)c3=O)sc2C1. The zero-order valence-corrected chi connectivity index (χ0v) is 57.1. The summed E-state index contributed by atoms with van der Waals surface area (Å²) < 4.78 is 33.9. The normalized spacial score (nSPS) is 16.1. The molecule has 28 heteroatoms. The topological polar surface area (TPSA) is 234 Å². The maximum absolute atomic E-state index is 15.3. The molecule has 92 heavy (non-hydrogen) atoms. The molecule has 3 N–H and O–H groups in total. The number of hydrogen-bond acceptors (Lipinski definition) is 21. The zero-order chi connectivity index (χ0) is 65.2. The van der Waals surface area contributed by atoms with Crippen LogP contribution in [0.1, 0.15) is 104 Å². The van der Waals surface area contributed by atoms with Crippen molar-refractivity contribution in [3.63, 3.8) is 0 Å². The number of carbonyl (C=O) groups is 1. The second-order valence-electron chi connectivity index (χ2n) is 25.5. The van der Waals surface area contributed by atoms with Crippen LogP contribution in [0.25, 0.3) is 27.7 Å². The Morgan fingerprint density at radius 1 is 0.652 bits per heavy atom. The first-order valence-corrected chi connectivity index (χ1v) is 32.9. The van der Waals surface area contributed by atoms with E-state index in [0.717, 1.165) is 111 Å². The van der Waals surface area contributed by atoms with Gasteiger partial charge in [0.25, 0.3) is 22.2 Å². The quantitative estimate of drug-likeness (QED) is 0.0854. The highest BCUT2D eigenvalue weighted by Crippen LogP contribution is 2.38. The predicted octanol–water partition coefficient (Wildman–Crippen LogP) is 9.43. The number of likely N-dealkylation sites (N-methyl/N-ethyl adjacent to an activating group) is 3. The third-order valence-corrected chi connectivity index (χ3v) is 20.3. The lowest BCUT2D eigenvalue weighted by Crippen LogP contribution is -2.41. The maximum atomic E-state index is 15.3. The van der Waals surface area contributed by atoms with Crippen molar-refractivity contribution < 1.29 is 18.5 Å². The van der Waals surface area contributed by atoms with Gasteiger partial charge in [-0.1, -0.05) is 28.2 Å². The van der Waals surface area contributed by atoms with Gasteiger partial charge in [0.15, 0.2) is 27.5 Å². The Balaban J connectivity index is 0.000000162. The molecular formula is C64H76BBrFN15O7S3. The number of anilines is 6. The molecule has 0 saturated carbocycles. The largest absolute Gasteiger partial charge is 0.496 e. The van der Waals surface area contributed by atoms with Gasteiger partial charge in [-0.05, 0) is 118 Å². The number of aldehydes is 1. The summed E-state index contributed by atoms with van der Waals surface area (Å²) in [6.07, 6.45) is 11.3. The molecule has 1 saturated heterocycles. The van der Waals surface area contributed by atoms with Crippen molar-refractivity contribution >= 4 is 112 Å². The van der Waals surface area contributed by atoms with Crippen LogP contribution in [-0.4, -0.2) is 124 Å². The lowest BCUT2D eigenvalue weighted by atomic mass is 9.80. The molecule has 8 aromatic heterocycles. The number of nitrogens with zero attached hydrogens (tertiary/aromatic N) is 12. The van der Waals surface area contributed by atoms with E-state index in [4.69, 9.17) is 19.3 Å². The number of fused-ring (bicyclic) bond motifs is 4. The van der Waals surface area contributed by atoms with Crippen LogP contribution in [-0.2, 0) is 74.8 Å². The molecule has 0 bridgehead atoms. The molecule has 12 heterocycles. The van der Waals surface area contributed by atoms with E-state index >= 15 is 4.39 Å². The molecular weight excluding hydrogens is 1300 g/mol. The zero-order valence-electron chi connectivity index (χ0n) is 53.1. The van der Waals surface area contributed by atoms with Crippen LogP contribution < -0.4 is 43.7 Å². The molecule has 4 aliphatic rings. The van der Waals surface area contributed by atoms with Gasteiger partial charge in [0.05, 0.1) is 45.4 Å². The molecule has 0 unspecified atom stereocenters. The van der Waals surface area contributed by atoms with Gasteiger partial charge >= 0.3 is 7.12 Å². The number of rotatable bonds is 10. The van der Waals surface area contributed by atoms with E-state index in [1.807, 2.05) is 54.5 Å². The molecule has 0 radical (unpaired) electrons. The number of nitrogens with one attached hydrogen (secondary N) is 3. The van der Waals surface area contributed by atoms with E-state index in [1.54, 1.807) is 95.8 Å². The Bertz CT molecular complexity index is 4550. The highest BCUT2D eigenvalue weighted by atomic mass is 79.9. The monoisotopic (exact) mass is 1370 g/mol. The van der Waals surface area contributed by atoms with Gasteiger partial charge in [-0.2, -0.15) is 9.78 Å². The van der Waals surface area contributed by atoms with Gasteiger partial charge in [-0.25, -0.2) is 24.3 Å². The molecule has 22 nitrogen and oxygen atoms in total. The van der Waals surface area contributed by atoms with Crippen LogP contribution in [0.3, 0.4) is 0 Å². The summed E-state index contributed by atoms with van der Waals surface area (Å²) in [6, 6.07) is 9.97. The van der Waals surface area contributed by atoms with Crippen molar-refractivity contribution in [2.75, 3.05) is 56.7 Å². The van der Waals surface area contributed by atoms with E-state index in [9.17, 15) is 24.0 Å². The van der Waals surface area contributed by atoms with Crippen molar-refractivity contribution in [1.82, 2.24) is 58.1 Å². The minimum absolute atomic E-state index is 0. The summed E-state index contributed by atoms with van der Waals surface area (Å²) in [4.78, 5) is 92.6. The van der Waals surface area contributed by atoms with Crippen molar-refractivity contribution in [3.05, 3.63) is 162 Å². The van der Waals surface area contributed by atoms with E-state index in [2.05, 4.69) is 82.8 Å². The molecule has 1 aromatic carbocycles. The Hall–Kier alpha value is -7.41. The number of carbonyl (C=O) groups excluding carboxylic acids is 1. The van der Waals surface area contributed by atoms with Crippen LogP contribution in [0.5, 0.6) is 0 Å².